The van der Waals surface area contributed by atoms with Crippen molar-refractivity contribution in [1.82, 2.24) is 4.90 Å². The van der Waals surface area contributed by atoms with Crippen molar-refractivity contribution in [2.45, 2.75) is 38.1 Å². The number of fused-ring (bicyclic) bond motifs is 1. The van der Waals surface area contributed by atoms with Crippen molar-refractivity contribution in [2.24, 2.45) is 0 Å². The van der Waals surface area contributed by atoms with Gasteiger partial charge in [0, 0.05) is 19.4 Å². The van der Waals surface area contributed by atoms with Gasteiger partial charge in [-0.25, -0.2) is 0 Å². The maximum atomic E-state index is 12.8. The van der Waals surface area contributed by atoms with Crippen molar-refractivity contribution in [3.05, 3.63) is 59.7 Å². The predicted octanol–water partition coefficient (Wildman–Crippen LogP) is 4.14. The van der Waals surface area contributed by atoms with Crippen LogP contribution in [0.5, 0.6) is 11.5 Å². The van der Waals surface area contributed by atoms with Crippen LogP contribution >= 0.6 is 0 Å². The molecule has 0 spiro atoms. The Balaban J connectivity index is 1.46. The van der Waals surface area contributed by atoms with Crippen LogP contribution in [0.4, 0.5) is 0 Å². The molecule has 2 aromatic carbocycles. The molecule has 1 fully saturated rings. The fourth-order valence-corrected chi connectivity index (χ4v) is 3.84. The molecular formula is C22H25NO3. The van der Waals surface area contributed by atoms with Gasteiger partial charge in [0.1, 0.15) is 0 Å². The van der Waals surface area contributed by atoms with E-state index in [4.69, 9.17) is 9.47 Å². The van der Waals surface area contributed by atoms with E-state index in [9.17, 15) is 4.79 Å². The molecule has 0 aromatic heterocycles. The predicted molar refractivity (Wildman–Crippen MR) is 101 cm³/mol. The lowest BCUT2D eigenvalue weighted by Gasteiger charge is -2.26. The molecule has 0 saturated carbocycles. The normalized spacial score (nSPS) is 19.2. The number of aryl methyl sites for hydroxylation is 1. The molecule has 0 unspecified atom stereocenters. The number of amides is 1. The molecule has 2 heterocycles. The van der Waals surface area contributed by atoms with Crippen LogP contribution in [0.1, 0.15) is 42.9 Å². The van der Waals surface area contributed by atoms with Crippen molar-refractivity contribution in [3.63, 3.8) is 0 Å². The summed E-state index contributed by atoms with van der Waals surface area (Å²) >= 11 is 0. The van der Waals surface area contributed by atoms with E-state index >= 15 is 0 Å². The van der Waals surface area contributed by atoms with Crippen LogP contribution in [0.15, 0.2) is 48.5 Å². The van der Waals surface area contributed by atoms with E-state index in [-0.39, 0.29) is 11.9 Å². The molecule has 26 heavy (non-hydrogen) atoms. The molecule has 1 amide bonds. The van der Waals surface area contributed by atoms with E-state index in [1.54, 1.807) is 0 Å². The molecule has 4 rings (SSSR count). The molecule has 0 radical (unpaired) electrons. The summed E-state index contributed by atoms with van der Waals surface area (Å²) in [7, 11) is 0. The summed E-state index contributed by atoms with van der Waals surface area (Å²) < 4.78 is 11.5. The molecule has 4 heteroatoms. The minimum atomic E-state index is 0.149. The fourth-order valence-electron chi connectivity index (χ4n) is 3.84. The highest BCUT2D eigenvalue weighted by atomic mass is 16.5. The summed E-state index contributed by atoms with van der Waals surface area (Å²) in [5.74, 6) is 1.86. The Morgan fingerprint density at radius 1 is 1.00 bits per heavy atom. The quantitative estimate of drug-likeness (QED) is 0.831. The number of ether oxygens (including phenoxy) is 2. The van der Waals surface area contributed by atoms with Crippen LogP contribution in [-0.2, 0) is 11.2 Å². The summed E-state index contributed by atoms with van der Waals surface area (Å²) in [6.07, 6.45) is 4.32. The first kappa shape index (κ1) is 17.0. The molecule has 2 aromatic rings. The van der Waals surface area contributed by atoms with Gasteiger partial charge in [-0.15, -0.1) is 0 Å². The molecule has 0 aliphatic carbocycles. The molecule has 4 nitrogen and oxygen atoms in total. The zero-order valence-corrected chi connectivity index (χ0v) is 15.0. The first-order chi connectivity index (χ1) is 12.8. The van der Waals surface area contributed by atoms with Crippen LogP contribution in [0.2, 0.25) is 0 Å². The van der Waals surface area contributed by atoms with Gasteiger partial charge in [0.25, 0.3) is 0 Å². The molecular weight excluding hydrogens is 326 g/mol. The second-order valence-electron chi connectivity index (χ2n) is 6.99. The van der Waals surface area contributed by atoms with Gasteiger partial charge < -0.3 is 14.4 Å². The van der Waals surface area contributed by atoms with Gasteiger partial charge in [-0.1, -0.05) is 36.4 Å². The standard InChI is InChI=1S/C22H25NO3/c24-22(12-9-17-6-2-1-3-7-17)23-13-4-8-19(23)18-10-11-20-21(16-18)26-15-5-14-25-20/h1-3,6-7,10-11,16,19H,4-5,8-9,12-15H2/t19-/m0/s1. The minimum absolute atomic E-state index is 0.149. The molecule has 2 aliphatic rings. The number of benzene rings is 2. The van der Waals surface area contributed by atoms with Gasteiger partial charge in [0.2, 0.25) is 5.91 Å². The largest absolute Gasteiger partial charge is 0.490 e. The molecule has 2 aliphatic heterocycles. The van der Waals surface area contributed by atoms with E-state index in [0.29, 0.717) is 19.6 Å². The highest BCUT2D eigenvalue weighted by molar-refractivity contribution is 5.77. The zero-order valence-electron chi connectivity index (χ0n) is 15.0. The van der Waals surface area contributed by atoms with Gasteiger partial charge >= 0.3 is 0 Å². The van der Waals surface area contributed by atoms with Crippen LogP contribution in [0, 0.1) is 0 Å². The van der Waals surface area contributed by atoms with E-state index in [2.05, 4.69) is 24.3 Å². The van der Waals surface area contributed by atoms with E-state index < -0.39 is 0 Å². The Morgan fingerprint density at radius 2 is 1.81 bits per heavy atom. The van der Waals surface area contributed by atoms with Gasteiger partial charge in [0.15, 0.2) is 11.5 Å². The molecule has 136 valence electrons. The lowest BCUT2D eigenvalue weighted by atomic mass is 10.0. The van der Waals surface area contributed by atoms with Gasteiger partial charge in [-0.05, 0) is 42.5 Å². The number of carbonyl (C=O) groups is 1. The molecule has 0 bridgehead atoms. The van der Waals surface area contributed by atoms with Crippen molar-refractivity contribution < 1.29 is 14.3 Å². The van der Waals surface area contributed by atoms with E-state index in [0.717, 1.165) is 49.3 Å². The minimum Gasteiger partial charge on any atom is -0.490 e. The maximum absolute atomic E-state index is 12.8. The average Bonchev–Trinajstić information content (AvgIpc) is 3.06. The first-order valence-electron chi connectivity index (χ1n) is 9.54. The number of nitrogens with zero attached hydrogens (tertiary/aromatic N) is 1. The summed E-state index contributed by atoms with van der Waals surface area (Å²) in [5.41, 5.74) is 2.37. The van der Waals surface area contributed by atoms with Crippen LogP contribution < -0.4 is 9.47 Å². The number of carbonyl (C=O) groups excluding carboxylic acids is 1. The maximum Gasteiger partial charge on any atom is 0.223 e. The highest BCUT2D eigenvalue weighted by Crippen LogP contribution is 2.38. The average molecular weight is 351 g/mol. The fraction of sp³-hybridized carbons (Fsp3) is 0.409. The first-order valence-corrected chi connectivity index (χ1v) is 9.54. The molecule has 1 saturated heterocycles. The Hall–Kier alpha value is -2.49. The van der Waals surface area contributed by atoms with Crippen LogP contribution in [0.3, 0.4) is 0 Å². The SMILES string of the molecule is O=C(CCc1ccccc1)N1CCC[C@H]1c1ccc2c(c1)OCCCO2. The number of rotatable bonds is 4. The van der Waals surface area contributed by atoms with Crippen molar-refractivity contribution in [3.8, 4) is 11.5 Å². The number of hydrogen-bond donors (Lipinski definition) is 0. The zero-order chi connectivity index (χ0) is 17.8. The second kappa shape index (κ2) is 7.81. The summed E-state index contributed by atoms with van der Waals surface area (Å²) in [4.78, 5) is 14.9. The summed E-state index contributed by atoms with van der Waals surface area (Å²) in [5, 5.41) is 0. The summed E-state index contributed by atoms with van der Waals surface area (Å²) in [6.45, 7) is 2.22. The highest BCUT2D eigenvalue weighted by Gasteiger charge is 2.30. The third kappa shape index (κ3) is 3.69. The van der Waals surface area contributed by atoms with Gasteiger partial charge in [-0.3, -0.25) is 4.79 Å². The Bertz CT molecular complexity index is 759. The number of likely N-dealkylation sites (tertiary alicyclic amines) is 1. The number of hydrogen-bond acceptors (Lipinski definition) is 3. The van der Waals surface area contributed by atoms with E-state index in [1.165, 1.54) is 5.56 Å². The summed E-state index contributed by atoms with van der Waals surface area (Å²) in [6, 6.07) is 16.5. The van der Waals surface area contributed by atoms with Crippen molar-refractivity contribution in [2.75, 3.05) is 19.8 Å². The van der Waals surface area contributed by atoms with Crippen molar-refractivity contribution >= 4 is 5.91 Å². The van der Waals surface area contributed by atoms with Gasteiger partial charge in [-0.2, -0.15) is 0 Å². The Labute approximate surface area is 154 Å². The Kier molecular flexibility index (Phi) is 5.09. The van der Waals surface area contributed by atoms with Crippen molar-refractivity contribution in [1.29, 1.82) is 0 Å². The third-order valence-electron chi connectivity index (χ3n) is 5.20. The lowest BCUT2D eigenvalue weighted by molar-refractivity contribution is -0.132. The second-order valence-corrected chi connectivity index (χ2v) is 6.99. The molecule has 1 atom stereocenters. The lowest BCUT2D eigenvalue weighted by Crippen LogP contribution is -2.30. The smallest absolute Gasteiger partial charge is 0.223 e. The van der Waals surface area contributed by atoms with Crippen LogP contribution in [-0.4, -0.2) is 30.6 Å². The third-order valence-corrected chi connectivity index (χ3v) is 5.20. The topological polar surface area (TPSA) is 38.8 Å². The van der Waals surface area contributed by atoms with Gasteiger partial charge in [0.05, 0.1) is 19.3 Å². The van der Waals surface area contributed by atoms with E-state index in [1.807, 2.05) is 29.2 Å². The monoisotopic (exact) mass is 351 g/mol. The Morgan fingerprint density at radius 3 is 2.65 bits per heavy atom. The van der Waals surface area contributed by atoms with Crippen LogP contribution in [0.25, 0.3) is 0 Å². The molecule has 0 N–H and O–H groups in total.